The monoisotopic (exact) mass is 260 g/mol. The highest BCUT2D eigenvalue weighted by Gasteiger charge is 2.11. The van der Waals surface area contributed by atoms with Gasteiger partial charge in [0.1, 0.15) is 5.01 Å². The Morgan fingerprint density at radius 2 is 2.00 bits per heavy atom. The van der Waals surface area contributed by atoms with E-state index in [0.717, 1.165) is 23.5 Å². The lowest BCUT2D eigenvalue weighted by Gasteiger charge is -2.02. The van der Waals surface area contributed by atoms with Crippen molar-refractivity contribution in [2.24, 2.45) is 5.73 Å². The molecule has 0 bridgehead atoms. The molecule has 1 unspecified atom stereocenters. The van der Waals surface area contributed by atoms with Crippen LogP contribution in [0.3, 0.4) is 0 Å². The van der Waals surface area contributed by atoms with E-state index in [0.29, 0.717) is 0 Å². The standard InChI is InChI=1S/C15H20N2S/c1-10-6-4-5-7-13(10)15-17-12(3)14(18-15)9-8-11(2)16/h4-7,11H,8-9,16H2,1-3H3. The molecule has 96 valence electrons. The Morgan fingerprint density at radius 1 is 1.28 bits per heavy atom. The average molecular weight is 260 g/mol. The Hall–Kier alpha value is -1.19. The van der Waals surface area contributed by atoms with E-state index in [1.165, 1.54) is 16.0 Å². The number of rotatable bonds is 4. The molecule has 0 aliphatic heterocycles. The summed E-state index contributed by atoms with van der Waals surface area (Å²) in [6.07, 6.45) is 2.06. The molecular weight excluding hydrogens is 240 g/mol. The van der Waals surface area contributed by atoms with Crippen LogP contribution in [0.4, 0.5) is 0 Å². The zero-order chi connectivity index (χ0) is 13.1. The molecule has 18 heavy (non-hydrogen) atoms. The zero-order valence-electron chi connectivity index (χ0n) is 11.2. The van der Waals surface area contributed by atoms with E-state index in [9.17, 15) is 0 Å². The summed E-state index contributed by atoms with van der Waals surface area (Å²) in [5.74, 6) is 0. The number of thiazole rings is 1. The van der Waals surface area contributed by atoms with Crippen LogP contribution in [0.25, 0.3) is 10.6 Å². The van der Waals surface area contributed by atoms with E-state index >= 15 is 0 Å². The predicted octanol–water partition coefficient (Wildman–Crippen LogP) is 3.71. The minimum absolute atomic E-state index is 0.258. The first-order valence-corrected chi connectivity index (χ1v) is 7.17. The highest BCUT2D eigenvalue weighted by Crippen LogP contribution is 2.30. The van der Waals surface area contributed by atoms with Gasteiger partial charge in [0, 0.05) is 16.5 Å². The second kappa shape index (κ2) is 5.63. The Kier molecular flexibility index (Phi) is 4.15. The van der Waals surface area contributed by atoms with Gasteiger partial charge in [-0.3, -0.25) is 0 Å². The summed E-state index contributed by atoms with van der Waals surface area (Å²) in [6.45, 7) is 6.28. The summed E-state index contributed by atoms with van der Waals surface area (Å²) < 4.78 is 0. The third kappa shape index (κ3) is 2.98. The third-order valence-corrected chi connectivity index (χ3v) is 4.35. The van der Waals surface area contributed by atoms with Crippen molar-refractivity contribution in [2.75, 3.05) is 0 Å². The quantitative estimate of drug-likeness (QED) is 0.910. The first-order valence-electron chi connectivity index (χ1n) is 6.36. The van der Waals surface area contributed by atoms with Crippen LogP contribution in [0, 0.1) is 13.8 Å². The zero-order valence-corrected chi connectivity index (χ0v) is 12.1. The lowest BCUT2D eigenvalue weighted by atomic mass is 10.1. The number of nitrogens with two attached hydrogens (primary N) is 1. The summed E-state index contributed by atoms with van der Waals surface area (Å²) in [5.41, 5.74) is 9.50. The van der Waals surface area contributed by atoms with Gasteiger partial charge in [-0.05, 0) is 39.2 Å². The van der Waals surface area contributed by atoms with Crippen molar-refractivity contribution >= 4 is 11.3 Å². The van der Waals surface area contributed by atoms with Crippen LogP contribution in [0.1, 0.15) is 29.5 Å². The van der Waals surface area contributed by atoms with Crippen molar-refractivity contribution in [3.63, 3.8) is 0 Å². The smallest absolute Gasteiger partial charge is 0.124 e. The average Bonchev–Trinajstić information content (AvgIpc) is 2.68. The van der Waals surface area contributed by atoms with Crippen LogP contribution >= 0.6 is 11.3 Å². The van der Waals surface area contributed by atoms with E-state index in [1.54, 1.807) is 11.3 Å². The van der Waals surface area contributed by atoms with E-state index in [-0.39, 0.29) is 6.04 Å². The van der Waals surface area contributed by atoms with Crippen molar-refractivity contribution in [2.45, 2.75) is 39.7 Å². The van der Waals surface area contributed by atoms with Crippen molar-refractivity contribution in [3.05, 3.63) is 40.4 Å². The van der Waals surface area contributed by atoms with Crippen LogP contribution in [-0.2, 0) is 6.42 Å². The fourth-order valence-corrected chi connectivity index (χ4v) is 3.12. The Bertz CT molecular complexity index is 529. The van der Waals surface area contributed by atoms with Crippen molar-refractivity contribution in [3.8, 4) is 10.6 Å². The van der Waals surface area contributed by atoms with E-state index < -0.39 is 0 Å². The molecule has 1 aromatic heterocycles. The summed E-state index contributed by atoms with van der Waals surface area (Å²) in [6, 6.07) is 8.67. The molecule has 2 aromatic rings. The van der Waals surface area contributed by atoms with Crippen LogP contribution in [0.2, 0.25) is 0 Å². The van der Waals surface area contributed by atoms with Crippen molar-refractivity contribution in [1.82, 2.24) is 4.98 Å². The first-order chi connectivity index (χ1) is 8.58. The Balaban J connectivity index is 2.26. The number of hydrogen-bond acceptors (Lipinski definition) is 3. The molecule has 0 spiro atoms. The Labute approximate surface area is 113 Å². The lowest BCUT2D eigenvalue weighted by molar-refractivity contribution is 0.668. The lowest BCUT2D eigenvalue weighted by Crippen LogP contribution is -2.15. The number of hydrogen-bond donors (Lipinski definition) is 1. The molecule has 2 rings (SSSR count). The van der Waals surface area contributed by atoms with Gasteiger partial charge in [-0.1, -0.05) is 24.3 Å². The fourth-order valence-electron chi connectivity index (χ4n) is 1.95. The van der Waals surface area contributed by atoms with E-state index in [2.05, 4.69) is 45.0 Å². The van der Waals surface area contributed by atoms with Gasteiger partial charge in [0.05, 0.1) is 5.69 Å². The molecule has 0 amide bonds. The van der Waals surface area contributed by atoms with Gasteiger partial charge in [-0.25, -0.2) is 4.98 Å². The number of benzene rings is 1. The van der Waals surface area contributed by atoms with Crippen LogP contribution < -0.4 is 5.73 Å². The maximum absolute atomic E-state index is 5.82. The number of aryl methyl sites for hydroxylation is 3. The molecule has 2 nitrogen and oxygen atoms in total. The summed E-state index contributed by atoms with van der Waals surface area (Å²) >= 11 is 1.80. The number of nitrogens with zero attached hydrogens (tertiary/aromatic N) is 1. The SMILES string of the molecule is Cc1ccccc1-c1nc(C)c(CCC(C)N)s1. The molecule has 0 aliphatic rings. The second-order valence-electron chi connectivity index (χ2n) is 4.86. The van der Waals surface area contributed by atoms with Crippen LogP contribution in [-0.4, -0.2) is 11.0 Å². The minimum atomic E-state index is 0.258. The fraction of sp³-hybridized carbons (Fsp3) is 0.400. The molecule has 3 heteroatoms. The highest BCUT2D eigenvalue weighted by atomic mass is 32.1. The molecule has 1 atom stereocenters. The normalized spacial score (nSPS) is 12.7. The van der Waals surface area contributed by atoms with Gasteiger partial charge in [0.15, 0.2) is 0 Å². The Morgan fingerprint density at radius 3 is 2.67 bits per heavy atom. The molecule has 2 N–H and O–H groups in total. The van der Waals surface area contributed by atoms with E-state index in [4.69, 9.17) is 10.7 Å². The molecule has 0 radical (unpaired) electrons. The molecule has 0 fully saturated rings. The number of aromatic nitrogens is 1. The third-order valence-electron chi connectivity index (χ3n) is 3.09. The first kappa shape index (κ1) is 13.2. The molecule has 0 saturated heterocycles. The maximum atomic E-state index is 5.82. The van der Waals surface area contributed by atoms with Crippen molar-refractivity contribution < 1.29 is 0 Å². The second-order valence-corrected chi connectivity index (χ2v) is 5.94. The van der Waals surface area contributed by atoms with Gasteiger partial charge >= 0.3 is 0 Å². The molecule has 1 aromatic carbocycles. The highest BCUT2D eigenvalue weighted by molar-refractivity contribution is 7.15. The molecule has 0 saturated carbocycles. The van der Waals surface area contributed by atoms with Gasteiger partial charge in [-0.15, -0.1) is 11.3 Å². The summed E-state index contributed by atoms with van der Waals surface area (Å²) in [7, 11) is 0. The van der Waals surface area contributed by atoms with Crippen molar-refractivity contribution in [1.29, 1.82) is 0 Å². The van der Waals surface area contributed by atoms with E-state index in [1.807, 2.05) is 0 Å². The van der Waals surface area contributed by atoms with Crippen LogP contribution in [0.15, 0.2) is 24.3 Å². The summed E-state index contributed by atoms with van der Waals surface area (Å²) in [4.78, 5) is 6.06. The minimum Gasteiger partial charge on any atom is -0.328 e. The molecule has 0 aliphatic carbocycles. The topological polar surface area (TPSA) is 38.9 Å². The van der Waals surface area contributed by atoms with Gasteiger partial charge in [0.25, 0.3) is 0 Å². The maximum Gasteiger partial charge on any atom is 0.124 e. The van der Waals surface area contributed by atoms with Gasteiger partial charge < -0.3 is 5.73 Å². The van der Waals surface area contributed by atoms with Gasteiger partial charge in [0.2, 0.25) is 0 Å². The largest absolute Gasteiger partial charge is 0.328 e. The van der Waals surface area contributed by atoms with Gasteiger partial charge in [-0.2, -0.15) is 0 Å². The summed E-state index contributed by atoms with van der Waals surface area (Å²) in [5, 5.41) is 1.13. The predicted molar refractivity (Wildman–Crippen MR) is 79.0 cm³/mol. The van der Waals surface area contributed by atoms with Crippen LogP contribution in [0.5, 0.6) is 0 Å². The molecular formula is C15H20N2S. The molecule has 1 heterocycles.